The van der Waals surface area contributed by atoms with Crippen LogP contribution in [0.5, 0.6) is 0 Å². The van der Waals surface area contributed by atoms with Crippen molar-refractivity contribution in [3.05, 3.63) is 60.7 Å². The van der Waals surface area contributed by atoms with E-state index in [1.165, 1.54) is 9.79 Å². The number of amides is 1. The predicted molar refractivity (Wildman–Crippen MR) is 103 cm³/mol. The van der Waals surface area contributed by atoms with Crippen molar-refractivity contribution in [3.63, 3.8) is 0 Å². The molecule has 0 spiro atoms. The van der Waals surface area contributed by atoms with Crippen LogP contribution < -0.4 is 5.32 Å². The lowest BCUT2D eigenvalue weighted by Crippen LogP contribution is -2.31. The molecule has 0 aliphatic heterocycles. The van der Waals surface area contributed by atoms with Gasteiger partial charge in [-0.2, -0.15) is 0 Å². The normalized spacial score (nSPS) is 10.6. The van der Waals surface area contributed by atoms with Crippen molar-refractivity contribution in [1.29, 1.82) is 0 Å². The van der Waals surface area contributed by atoms with Crippen LogP contribution in [0.3, 0.4) is 0 Å². The summed E-state index contributed by atoms with van der Waals surface area (Å²) in [5.74, 6) is 1.48. The van der Waals surface area contributed by atoms with Crippen molar-refractivity contribution in [2.75, 3.05) is 18.1 Å². The molecule has 0 aromatic heterocycles. The molecule has 1 amide bonds. The van der Waals surface area contributed by atoms with Gasteiger partial charge in [-0.1, -0.05) is 43.3 Å². The molecule has 0 atom stereocenters. The summed E-state index contributed by atoms with van der Waals surface area (Å²) in [5, 5.41) is 2.78. The summed E-state index contributed by atoms with van der Waals surface area (Å²) in [4.78, 5) is 14.3. The number of alkyl carbamates (subject to hydrolysis) is 1. The standard InChI is InChI=1S/C19H23NO2S2/c1-2-13-20-19(21)22-16(14-23-17-9-5-3-6-10-17)15-24-18-11-7-4-8-12-18/h3-12,16H,2,13-15H2,1H3,(H,20,21). The molecular formula is C19H23NO2S2. The molecule has 2 aromatic carbocycles. The maximum Gasteiger partial charge on any atom is 0.407 e. The minimum atomic E-state index is -0.329. The second-order valence-electron chi connectivity index (χ2n) is 5.20. The Morgan fingerprint density at radius 1 is 0.958 bits per heavy atom. The molecule has 0 aliphatic rings. The molecule has 5 heteroatoms. The third kappa shape index (κ3) is 7.32. The van der Waals surface area contributed by atoms with E-state index in [4.69, 9.17) is 4.74 Å². The van der Waals surface area contributed by atoms with Crippen LogP contribution in [0.2, 0.25) is 0 Å². The minimum absolute atomic E-state index is 0.141. The molecule has 2 rings (SSSR count). The minimum Gasteiger partial charge on any atom is -0.444 e. The zero-order valence-corrected chi connectivity index (χ0v) is 15.4. The Kier molecular flexibility index (Phi) is 8.63. The van der Waals surface area contributed by atoms with Crippen LogP contribution in [-0.2, 0) is 4.74 Å². The van der Waals surface area contributed by atoms with Crippen molar-refractivity contribution in [3.8, 4) is 0 Å². The number of thioether (sulfide) groups is 2. The molecule has 128 valence electrons. The number of nitrogens with one attached hydrogen (secondary N) is 1. The quantitative estimate of drug-likeness (QED) is 0.632. The van der Waals surface area contributed by atoms with Gasteiger partial charge in [0.1, 0.15) is 6.10 Å². The summed E-state index contributed by atoms with van der Waals surface area (Å²) in [7, 11) is 0. The number of benzene rings is 2. The summed E-state index contributed by atoms with van der Waals surface area (Å²) >= 11 is 3.42. The molecular weight excluding hydrogens is 338 g/mol. The first-order valence-corrected chi connectivity index (χ1v) is 10.0. The van der Waals surface area contributed by atoms with Gasteiger partial charge in [-0.15, -0.1) is 23.5 Å². The lowest BCUT2D eigenvalue weighted by atomic mass is 10.4. The van der Waals surface area contributed by atoms with Gasteiger partial charge < -0.3 is 10.1 Å². The van der Waals surface area contributed by atoms with Gasteiger partial charge in [0.05, 0.1) is 0 Å². The maximum atomic E-state index is 11.9. The Hall–Kier alpha value is -1.59. The first-order valence-electron chi connectivity index (χ1n) is 8.08. The molecule has 2 aromatic rings. The highest BCUT2D eigenvalue weighted by Gasteiger charge is 2.15. The van der Waals surface area contributed by atoms with Gasteiger partial charge in [-0.05, 0) is 30.7 Å². The molecule has 0 aliphatic carbocycles. The number of rotatable bonds is 9. The van der Waals surface area contributed by atoms with Gasteiger partial charge >= 0.3 is 6.09 Å². The molecule has 1 N–H and O–H groups in total. The smallest absolute Gasteiger partial charge is 0.407 e. The molecule has 0 heterocycles. The molecule has 0 bridgehead atoms. The zero-order chi connectivity index (χ0) is 17.0. The summed E-state index contributed by atoms with van der Waals surface area (Å²) in [6.45, 7) is 2.66. The summed E-state index contributed by atoms with van der Waals surface area (Å²) < 4.78 is 5.60. The first-order chi connectivity index (χ1) is 11.8. The fourth-order valence-electron chi connectivity index (χ4n) is 1.95. The largest absolute Gasteiger partial charge is 0.444 e. The van der Waals surface area contributed by atoms with E-state index < -0.39 is 0 Å². The predicted octanol–water partition coefficient (Wildman–Crippen LogP) is 5.08. The monoisotopic (exact) mass is 361 g/mol. The van der Waals surface area contributed by atoms with Crippen molar-refractivity contribution in [2.24, 2.45) is 0 Å². The molecule has 3 nitrogen and oxygen atoms in total. The van der Waals surface area contributed by atoms with Crippen LogP contribution in [0.15, 0.2) is 70.5 Å². The number of carbonyl (C=O) groups is 1. The van der Waals surface area contributed by atoms with E-state index >= 15 is 0 Å². The van der Waals surface area contributed by atoms with Crippen LogP contribution in [0.4, 0.5) is 4.79 Å². The Balaban J connectivity index is 1.88. The topological polar surface area (TPSA) is 38.3 Å². The second kappa shape index (κ2) is 11.0. The SMILES string of the molecule is CCCNC(=O)OC(CSc1ccccc1)CSc1ccccc1. The lowest BCUT2D eigenvalue weighted by Gasteiger charge is -2.18. The molecule has 0 saturated carbocycles. The second-order valence-corrected chi connectivity index (χ2v) is 7.39. The van der Waals surface area contributed by atoms with Crippen LogP contribution in [0.1, 0.15) is 13.3 Å². The number of hydrogen-bond acceptors (Lipinski definition) is 4. The van der Waals surface area contributed by atoms with Gasteiger partial charge in [-0.25, -0.2) is 4.79 Å². The van der Waals surface area contributed by atoms with E-state index in [2.05, 4.69) is 29.6 Å². The molecule has 0 radical (unpaired) electrons. The van der Waals surface area contributed by atoms with Gasteiger partial charge in [0.25, 0.3) is 0 Å². The summed E-state index contributed by atoms with van der Waals surface area (Å²) in [6.07, 6.45) is 0.429. The van der Waals surface area contributed by atoms with E-state index in [0.29, 0.717) is 6.54 Å². The van der Waals surface area contributed by atoms with Gasteiger partial charge in [-0.3, -0.25) is 0 Å². The molecule has 24 heavy (non-hydrogen) atoms. The summed E-state index contributed by atoms with van der Waals surface area (Å²) in [6, 6.07) is 20.4. The van der Waals surface area contributed by atoms with Crippen LogP contribution in [0.25, 0.3) is 0 Å². The van der Waals surface area contributed by atoms with Crippen LogP contribution in [0, 0.1) is 0 Å². The van der Waals surface area contributed by atoms with Crippen LogP contribution >= 0.6 is 23.5 Å². The highest BCUT2D eigenvalue weighted by molar-refractivity contribution is 8.00. The highest BCUT2D eigenvalue weighted by Crippen LogP contribution is 2.24. The van der Waals surface area contributed by atoms with E-state index in [1.54, 1.807) is 23.5 Å². The van der Waals surface area contributed by atoms with Crippen molar-refractivity contribution >= 4 is 29.6 Å². The highest BCUT2D eigenvalue weighted by atomic mass is 32.2. The summed E-state index contributed by atoms with van der Waals surface area (Å²) in [5.41, 5.74) is 0. The number of carbonyl (C=O) groups excluding carboxylic acids is 1. The first kappa shape index (κ1) is 18.7. The number of ether oxygens (including phenoxy) is 1. The maximum absolute atomic E-state index is 11.9. The fraction of sp³-hybridized carbons (Fsp3) is 0.316. The molecule has 0 saturated heterocycles. The Morgan fingerprint density at radius 2 is 1.46 bits per heavy atom. The average Bonchev–Trinajstić information content (AvgIpc) is 2.64. The van der Waals surface area contributed by atoms with Crippen LogP contribution in [-0.4, -0.2) is 30.2 Å². The van der Waals surface area contributed by atoms with Crippen molar-refractivity contribution in [1.82, 2.24) is 5.32 Å². The fourth-order valence-corrected chi connectivity index (χ4v) is 3.92. The van der Waals surface area contributed by atoms with Crippen molar-refractivity contribution in [2.45, 2.75) is 29.2 Å². The zero-order valence-electron chi connectivity index (χ0n) is 13.8. The van der Waals surface area contributed by atoms with E-state index in [-0.39, 0.29) is 12.2 Å². The third-order valence-electron chi connectivity index (χ3n) is 3.15. The Bertz CT molecular complexity index is 549. The van der Waals surface area contributed by atoms with E-state index in [1.807, 2.05) is 43.3 Å². The molecule has 0 fully saturated rings. The van der Waals surface area contributed by atoms with E-state index in [9.17, 15) is 4.79 Å². The third-order valence-corrected chi connectivity index (χ3v) is 5.44. The van der Waals surface area contributed by atoms with Gasteiger partial charge in [0, 0.05) is 27.8 Å². The Morgan fingerprint density at radius 3 is 1.92 bits per heavy atom. The van der Waals surface area contributed by atoms with Gasteiger partial charge in [0.15, 0.2) is 0 Å². The Labute approximate surface area is 152 Å². The molecule has 0 unspecified atom stereocenters. The van der Waals surface area contributed by atoms with Gasteiger partial charge in [0.2, 0.25) is 0 Å². The lowest BCUT2D eigenvalue weighted by molar-refractivity contribution is 0.119. The average molecular weight is 362 g/mol. The number of hydrogen-bond donors (Lipinski definition) is 1. The van der Waals surface area contributed by atoms with E-state index in [0.717, 1.165) is 17.9 Å². The van der Waals surface area contributed by atoms with Crippen molar-refractivity contribution < 1.29 is 9.53 Å².